The zero-order valence-corrected chi connectivity index (χ0v) is 16.6. The average Bonchev–Trinajstić information content (AvgIpc) is 3.10. The number of piperidine rings is 1. The Kier molecular flexibility index (Phi) is 4.70. The highest BCUT2D eigenvalue weighted by atomic mass is 16.5. The standard InChI is InChI=1S/C22H29N3O2/c1-4-11-24-12-6-9-22(21(24)26)10-13-25(15-22)19-14-16(2)17-7-5-8-18(27-3)20(17)23-19/h5,7-8,14H,4,6,9-13,15H2,1-3H3. The van der Waals surface area contributed by atoms with Gasteiger partial charge in [0.15, 0.2) is 0 Å². The van der Waals surface area contributed by atoms with Crippen molar-refractivity contribution in [3.63, 3.8) is 0 Å². The number of rotatable bonds is 4. The minimum absolute atomic E-state index is 0.223. The number of para-hydroxylation sites is 1. The third-order valence-corrected chi connectivity index (χ3v) is 6.21. The Labute approximate surface area is 161 Å². The Bertz CT molecular complexity index is 864. The van der Waals surface area contributed by atoms with Crippen molar-refractivity contribution in [1.82, 2.24) is 9.88 Å². The van der Waals surface area contributed by atoms with Gasteiger partial charge in [-0.2, -0.15) is 0 Å². The molecule has 27 heavy (non-hydrogen) atoms. The van der Waals surface area contributed by atoms with Crippen LogP contribution in [0.4, 0.5) is 5.82 Å². The molecule has 3 heterocycles. The van der Waals surface area contributed by atoms with Crippen molar-refractivity contribution in [3.8, 4) is 5.75 Å². The van der Waals surface area contributed by atoms with Gasteiger partial charge in [-0.3, -0.25) is 4.79 Å². The van der Waals surface area contributed by atoms with E-state index in [0.29, 0.717) is 5.91 Å². The molecule has 144 valence electrons. The van der Waals surface area contributed by atoms with E-state index in [4.69, 9.17) is 9.72 Å². The number of benzene rings is 1. The molecule has 0 N–H and O–H groups in total. The van der Waals surface area contributed by atoms with Crippen LogP contribution in [0.2, 0.25) is 0 Å². The first kappa shape index (κ1) is 18.1. The molecule has 0 radical (unpaired) electrons. The predicted molar refractivity (Wildman–Crippen MR) is 108 cm³/mol. The van der Waals surface area contributed by atoms with Gasteiger partial charge in [0.05, 0.1) is 12.5 Å². The van der Waals surface area contributed by atoms with Gasteiger partial charge in [0.1, 0.15) is 17.1 Å². The summed E-state index contributed by atoms with van der Waals surface area (Å²) < 4.78 is 5.53. The maximum Gasteiger partial charge on any atom is 0.230 e. The van der Waals surface area contributed by atoms with Crippen LogP contribution >= 0.6 is 0 Å². The zero-order valence-electron chi connectivity index (χ0n) is 16.6. The van der Waals surface area contributed by atoms with Gasteiger partial charge in [0.2, 0.25) is 5.91 Å². The molecule has 2 aromatic rings. The summed E-state index contributed by atoms with van der Waals surface area (Å²) in [4.78, 5) is 22.5. The Morgan fingerprint density at radius 3 is 2.89 bits per heavy atom. The van der Waals surface area contributed by atoms with Crippen LogP contribution in [0.25, 0.3) is 10.9 Å². The Hall–Kier alpha value is -2.30. The SMILES string of the molecule is CCCN1CCCC2(CCN(c3cc(C)c4cccc(OC)c4n3)C2)C1=O. The highest BCUT2D eigenvalue weighted by molar-refractivity contribution is 5.89. The first-order valence-electron chi connectivity index (χ1n) is 10.1. The largest absolute Gasteiger partial charge is 0.494 e. The van der Waals surface area contributed by atoms with Gasteiger partial charge in [-0.15, -0.1) is 0 Å². The van der Waals surface area contributed by atoms with Gasteiger partial charge in [0, 0.05) is 31.6 Å². The topological polar surface area (TPSA) is 45.7 Å². The number of nitrogens with zero attached hydrogens (tertiary/aromatic N) is 3. The van der Waals surface area contributed by atoms with E-state index in [1.807, 2.05) is 12.1 Å². The van der Waals surface area contributed by atoms with Crippen LogP contribution < -0.4 is 9.64 Å². The number of hydrogen-bond acceptors (Lipinski definition) is 4. The number of fused-ring (bicyclic) bond motifs is 1. The highest BCUT2D eigenvalue weighted by Crippen LogP contribution is 2.42. The van der Waals surface area contributed by atoms with Gasteiger partial charge in [-0.25, -0.2) is 4.98 Å². The zero-order chi connectivity index (χ0) is 19.0. The van der Waals surface area contributed by atoms with Gasteiger partial charge >= 0.3 is 0 Å². The molecule has 0 saturated carbocycles. The number of amides is 1. The first-order chi connectivity index (χ1) is 13.1. The fraction of sp³-hybridized carbons (Fsp3) is 0.545. The second-order valence-corrected chi connectivity index (χ2v) is 8.00. The molecule has 1 aromatic carbocycles. The molecule has 2 aliphatic rings. The number of anilines is 1. The lowest BCUT2D eigenvalue weighted by molar-refractivity contribution is -0.145. The molecule has 5 nitrogen and oxygen atoms in total. The van der Waals surface area contributed by atoms with Gasteiger partial charge in [0.25, 0.3) is 0 Å². The van der Waals surface area contributed by atoms with Crippen molar-refractivity contribution in [3.05, 3.63) is 29.8 Å². The minimum Gasteiger partial charge on any atom is -0.494 e. The lowest BCUT2D eigenvalue weighted by atomic mass is 9.78. The van der Waals surface area contributed by atoms with E-state index in [2.05, 4.69) is 35.8 Å². The second kappa shape index (κ2) is 7.02. The molecule has 4 rings (SSSR count). The molecule has 0 bridgehead atoms. The highest BCUT2D eigenvalue weighted by Gasteiger charge is 2.48. The normalized spacial score (nSPS) is 22.9. The quantitative estimate of drug-likeness (QED) is 0.825. The van der Waals surface area contributed by atoms with Crippen molar-refractivity contribution in [1.29, 1.82) is 0 Å². The summed E-state index contributed by atoms with van der Waals surface area (Å²) in [5.74, 6) is 2.12. The van der Waals surface area contributed by atoms with Crippen LogP contribution in [0.3, 0.4) is 0 Å². The Morgan fingerprint density at radius 1 is 1.26 bits per heavy atom. The number of likely N-dealkylation sites (tertiary alicyclic amines) is 1. The van der Waals surface area contributed by atoms with E-state index in [-0.39, 0.29) is 5.41 Å². The summed E-state index contributed by atoms with van der Waals surface area (Å²) in [5, 5.41) is 1.12. The molecule has 1 atom stereocenters. The van der Waals surface area contributed by atoms with Crippen molar-refractivity contribution < 1.29 is 9.53 Å². The summed E-state index contributed by atoms with van der Waals surface area (Å²) in [6.45, 7) is 7.72. The van der Waals surface area contributed by atoms with Crippen LogP contribution in [0.1, 0.15) is 38.2 Å². The molecule has 1 unspecified atom stereocenters. The first-order valence-corrected chi connectivity index (χ1v) is 10.1. The van der Waals surface area contributed by atoms with E-state index in [0.717, 1.165) is 74.3 Å². The number of aromatic nitrogens is 1. The van der Waals surface area contributed by atoms with Gasteiger partial charge < -0.3 is 14.5 Å². The third-order valence-electron chi connectivity index (χ3n) is 6.21. The maximum absolute atomic E-state index is 13.2. The molecule has 2 fully saturated rings. The molecule has 1 spiro atoms. The fourth-order valence-corrected chi connectivity index (χ4v) is 4.78. The van der Waals surface area contributed by atoms with Gasteiger partial charge in [-0.05, 0) is 50.3 Å². The fourth-order valence-electron chi connectivity index (χ4n) is 4.78. The summed E-state index contributed by atoms with van der Waals surface area (Å²) in [7, 11) is 1.69. The smallest absolute Gasteiger partial charge is 0.230 e. The van der Waals surface area contributed by atoms with Crippen molar-refractivity contribution in [2.45, 2.75) is 39.5 Å². The summed E-state index contributed by atoms with van der Waals surface area (Å²) in [6, 6.07) is 8.20. The maximum atomic E-state index is 13.2. The molecule has 1 amide bonds. The number of aryl methyl sites for hydroxylation is 1. The second-order valence-electron chi connectivity index (χ2n) is 8.00. The monoisotopic (exact) mass is 367 g/mol. The van der Waals surface area contributed by atoms with E-state index in [9.17, 15) is 4.79 Å². The number of methoxy groups -OCH3 is 1. The molecule has 2 saturated heterocycles. The number of carbonyl (C=O) groups is 1. The van der Waals surface area contributed by atoms with Crippen molar-refractivity contribution >= 4 is 22.6 Å². The molecule has 1 aromatic heterocycles. The molecule has 5 heteroatoms. The summed E-state index contributed by atoms with van der Waals surface area (Å²) in [6.07, 6.45) is 4.06. The summed E-state index contributed by atoms with van der Waals surface area (Å²) >= 11 is 0. The van der Waals surface area contributed by atoms with Crippen LogP contribution in [-0.2, 0) is 4.79 Å². The lowest BCUT2D eigenvalue weighted by Crippen LogP contribution is -2.50. The molecule has 0 aliphatic carbocycles. The molecular weight excluding hydrogens is 338 g/mol. The number of carbonyl (C=O) groups excluding carboxylic acids is 1. The van der Waals surface area contributed by atoms with Crippen molar-refractivity contribution in [2.75, 3.05) is 38.2 Å². The Balaban J connectivity index is 1.65. The number of hydrogen-bond donors (Lipinski definition) is 0. The van der Waals surface area contributed by atoms with E-state index >= 15 is 0 Å². The van der Waals surface area contributed by atoms with Crippen molar-refractivity contribution in [2.24, 2.45) is 5.41 Å². The van der Waals surface area contributed by atoms with Gasteiger partial charge in [-0.1, -0.05) is 19.1 Å². The Morgan fingerprint density at radius 2 is 2.11 bits per heavy atom. The minimum atomic E-state index is -0.223. The third kappa shape index (κ3) is 3.03. The lowest BCUT2D eigenvalue weighted by Gasteiger charge is -2.39. The van der Waals surface area contributed by atoms with Crippen LogP contribution in [-0.4, -0.2) is 49.1 Å². The van der Waals surface area contributed by atoms with Crippen LogP contribution in [0, 0.1) is 12.3 Å². The van der Waals surface area contributed by atoms with Crippen LogP contribution in [0.15, 0.2) is 24.3 Å². The van der Waals surface area contributed by atoms with E-state index < -0.39 is 0 Å². The summed E-state index contributed by atoms with van der Waals surface area (Å²) in [5.41, 5.74) is 1.87. The molecular formula is C22H29N3O2. The van der Waals surface area contributed by atoms with E-state index in [1.165, 1.54) is 5.56 Å². The number of pyridine rings is 1. The predicted octanol–water partition coefficient (Wildman–Crippen LogP) is 3.78. The van der Waals surface area contributed by atoms with E-state index in [1.54, 1.807) is 7.11 Å². The molecule has 2 aliphatic heterocycles. The van der Waals surface area contributed by atoms with Crippen LogP contribution in [0.5, 0.6) is 5.75 Å². The number of ether oxygens (including phenoxy) is 1. The average molecular weight is 367 g/mol.